The van der Waals surface area contributed by atoms with Crippen molar-refractivity contribution in [3.05, 3.63) is 28.5 Å². The predicted molar refractivity (Wildman–Crippen MR) is 50.3 cm³/mol. The van der Waals surface area contributed by atoms with Gasteiger partial charge in [0.15, 0.2) is 0 Å². The van der Waals surface area contributed by atoms with Crippen molar-refractivity contribution in [3.8, 4) is 0 Å². The Morgan fingerprint density at radius 1 is 1.64 bits per heavy atom. The first-order chi connectivity index (χ1) is 6.61. The molecule has 76 valence electrons. The van der Waals surface area contributed by atoms with Crippen molar-refractivity contribution >= 4 is 21.8 Å². The molecule has 1 rings (SSSR count). The molecule has 1 aromatic rings. The Balaban J connectivity index is 2.65. The van der Waals surface area contributed by atoms with Crippen LogP contribution in [0.3, 0.4) is 0 Å². The minimum Gasteiger partial charge on any atom is -0.345 e. The summed E-state index contributed by atoms with van der Waals surface area (Å²) in [6.07, 6.45) is -1.14. The van der Waals surface area contributed by atoms with Crippen molar-refractivity contribution in [3.63, 3.8) is 0 Å². The van der Waals surface area contributed by atoms with E-state index in [-0.39, 0.29) is 5.69 Å². The molecule has 1 N–H and O–H groups in total. The number of aromatic nitrogens is 1. The Morgan fingerprint density at radius 3 is 2.93 bits per heavy atom. The predicted octanol–water partition coefficient (Wildman–Crippen LogP) is 1.84. The van der Waals surface area contributed by atoms with Gasteiger partial charge in [-0.2, -0.15) is 0 Å². The standard InChI is InChI=1S/C8H7BrF2N2O/c9-5-2-1-3-12-7(5)8(14)13-4-6(10)11/h1-3,6H,4H2,(H,13,14). The molecule has 1 aromatic heterocycles. The molecule has 0 atom stereocenters. The minimum atomic E-state index is -2.55. The first-order valence-electron chi connectivity index (χ1n) is 3.78. The number of nitrogens with zero attached hydrogens (tertiary/aromatic N) is 1. The van der Waals surface area contributed by atoms with Gasteiger partial charge in [0.25, 0.3) is 12.3 Å². The highest BCUT2D eigenvalue weighted by atomic mass is 79.9. The van der Waals surface area contributed by atoms with Crippen LogP contribution in [-0.2, 0) is 0 Å². The molecule has 6 heteroatoms. The van der Waals surface area contributed by atoms with E-state index >= 15 is 0 Å². The summed E-state index contributed by atoms with van der Waals surface area (Å²) in [7, 11) is 0. The van der Waals surface area contributed by atoms with Crippen LogP contribution >= 0.6 is 15.9 Å². The molecule has 0 saturated carbocycles. The number of rotatable bonds is 3. The van der Waals surface area contributed by atoms with E-state index < -0.39 is 18.9 Å². The topological polar surface area (TPSA) is 42.0 Å². The zero-order valence-corrected chi connectivity index (χ0v) is 8.59. The zero-order chi connectivity index (χ0) is 10.6. The maximum absolute atomic E-state index is 11.8. The lowest BCUT2D eigenvalue weighted by atomic mass is 10.3. The molecule has 0 radical (unpaired) electrons. The summed E-state index contributed by atoms with van der Waals surface area (Å²) in [4.78, 5) is 15.0. The molecule has 0 aliphatic heterocycles. The number of hydrogen-bond acceptors (Lipinski definition) is 2. The van der Waals surface area contributed by atoms with Crippen LogP contribution in [0.4, 0.5) is 8.78 Å². The number of carbonyl (C=O) groups is 1. The first kappa shape index (κ1) is 11.0. The van der Waals surface area contributed by atoms with Gasteiger partial charge in [-0.15, -0.1) is 0 Å². The van der Waals surface area contributed by atoms with Crippen LogP contribution in [0.15, 0.2) is 22.8 Å². The van der Waals surface area contributed by atoms with E-state index in [0.29, 0.717) is 4.47 Å². The van der Waals surface area contributed by atoms with Crippen molar-refractivity contribution < 1.29 is 13.6 Å². The molecule has 0 bridgehead atoms. The van der Waals surface area contributed by atoms with Gasteiger partial charge in [-0.05, 0) is 28.1 Å². The highest BCUT2D eigenvalue weighted by Crippen LogP contribution is 2.12. The number of halogens is 3. The smallest absolute Gasteiger partial charge is 0.271 e. The monoisotopic (exact) mass is 264 g/mol. The minimum absolute atomic E-state index is 0.105. The summed E-state index contributed by atoms with van der Waals surface area (Å²) in [6.45, 7) is -0.665. The average Bonchev–Trinajstić information content (AvgIpc) is 2.15. The van der Waals surface area contributed by atoms with Gasteiger partial charge >= 0.3 is 0 Å². The van der Waals surface area contributed by atoms with Crippen LogP contribution in [0, 0.1) is 0 Å². The fraction of sp³-hybridized carbons (Fsp3) is 0.250. The quantitative estimate of drug-likeness (QED) is 0.906. The fourth-order valence-corrected chi connectivity index (χ4v) is 1.24. The van der Waals surface area contributed by atoms with E-state index in [1.54, 1.807) is 12.1 Å². The van der Waals surface area contributed by atoms with Crippen LogP contribution in [0.5, 0.6) is 0 Å². The van der Waals surface area contributed by atoms with Gasteiger partial charge in [0.05, 0.1) is 6.54 Å². The van der Waals surface area contributed by atoms with Crippen LogP contribution in [0.2, 0.25) is 0 Å². The van der Waals surface area contributed by atoms with Crippen molar-refractivity contribution in [2.45, 2.75) is 6.43 Å². The van der Waals surface area contributed by atoms with Gasteiger partial charge in [-0.3, -0.25) is 4.79 Å². The van der Waals surface area contributed by atoms with Crippen molar-refractivity contribution in [1.82, 2.24) is 10.3 Å². The molecular formula is C8H7BrF2N2O. The first-order valence-corrected chi connectivity index (χ1v) is 4.57. The SMILES string of the molecule is O=C(NCC(F)F)c1ncccc1Br. The summed E-state index contributed by atoms with van der Waals surface area (Å²) in [5.74, 6) is -0.613. The summed E-state index contributed by atoms with van der Waals surface area (Å²) < 4.78 is 24.0. The lowest BCUT2D eigenvalue weighted by Gasteiger charge is -2.04. The second-order valence-corrected chi connectivity index (χ2v) is 3.29. The van der Waals surface area contributed by atoms with Crippen LogP contribution in [-0.4, -0.2) is 23.9 Å². The van der Waals surface area contributed by atoms with E-state index in [0.717, 1.165) is 0 Å². The largest absolute Gasteiger partial charge is 0.345 e. The Morgan fingerprint density at radius 2 is 2.36 bits per heavy atom. The third-order valence-electron chi connectivity index (χ3n) is 1.39. The molecule has 0 aliphatic rings. The Hall–Kier alpha value is -1.04. The summed E-state index contributed by atoms with van der Waals surface area (Å²) in [5.41, 5.74) is 0.105. The zero-order valence-electron chi connectivity index (χ0n) is 7.01. The highest BCUT2D eigenvalue weighted by molar-refractivity contribution is 9.10. The molecule has 0 fully saturated rings. The van der Waals surface area contributed by atoms with E-state index in [2.05, 4.69) is 26.2 Å². The number of carbonyl (C=O) groups excluding carboxylic acids is 1. The molecular weight excluding hydrogens is 258 g/mol. The molecule has 14 heavy (non-hydrogen) atoms. The molecule has 1 amide bonds. The third-order valence-corrected chi connectivity index (χ3v) is 2.03. The number of hydrogen-bond donors (Lipinski definition) is 1. The lowest BCUT2D eigenvalue weighted by Crippen LogP contribution is -2.29. The number of nitrogens with one attached hydrogen (secondary N) is 1. The van der Waals surface area contributed by atoms with Crippen LogP contribution in [0.1, 0.15) is 10.5 Å². The van der Waals surface area contributed by atoms with Gasteiger partial charge in [-0.25, -0.2) is 13.8 Å². The van der Waals surface area contributed by atoms with Gasteiger partial charge < -0.3 is 5.32 Å². The number of pyridine rings is 1. The van der Waals surface area contributed by atoms with Gasteiger partial charge in [-0.1, -0.05) is 0 Å². The summed E-state index contributed by atoms with van der Waals surface area (Å²) in [6, 6.07) is 3.25. The molecule has 1 heterocycles. The summed E-state index contributed by atoms with van der Waals surface area (Å²) in [5, 5.41) is 2.06. The molecule has 0 aliphatic carbocycles. The maximum Gasteiger partial charge on any atom is 0.271 e. The van der Waals surface area contributed by atoms with Gasteiger partial charge in [0.2, 0.25) is 0 Å². The number of alkyl halides is 2. The molecule has 0 saturated heterocycles. The van der Waals surface area contributed by atoms with E-state index in [1.807, 2.05) is 0 Å². The second kappa shape index (κ2) is 4.99. The maximum atomic E-state index is 11.8. The van der Waals surface area contributed by atoms with E-state index in [4.69, 9.17) is 0 Å². The Kier molecular flexibility index (Phi) is 3.94. The van der Waals surface area contributed by atoms with Crippen molar-refractivity contribution in [1.29, 1.82) is 0 Å². The van der Waals surface area contributed by atoms with Crippen LogP contribution < -0.4 is 5.32 Å². The average molecular weight is 265 g/mol. The second-order valence-electron chi connectivity index (χ2n) is 2.43. The Labute approximate surface area is 87.7 Å². The third kappa shape index (κ3) is 3.02. The Bertz CT molecular complexity index is 333. The molecule has 0 aromatic carbocycles. The highest BCUT2D eigenvalue weighted by Gasteiger charge is 2.12. The van der Waals surface area contributed by atoms with Gasteiger partial charge in [0, 0.05) is 10.7 Å². The molecule has 3 nitrogen and oxygen atoms in total. The number of amides is 1. The molecule has 0 unspecified atom stereocenters. The lowest BCUT2D eigenvalue weighted by molar-refractivity contribution is 0.0886. The fourth-order valence-electron chi connectivity index (χ4n) is 0.806. The van der Waals surface area contributed by atoms with Gasteiger partial charge in [0.1, 0.15) is 5.69 Å². The van der Waals surface area contributed by atoms with Crippen molar-refractivity contribution in [2.75, 3.05) is 6.54 Å². The van der Waals surface area contributed by atoms with E-state index in [9.17, 15) is 13.6 Å². The molecule has 0 spiro atoms. The van der Waals surface area contributed by atoms with Crippen LogP contribution in [0.25, 0.3) is 0 Å². The van der Waals surface area contributed by atoms with E-state index in [1.165, 1.54) is 6.20 Å². The normalized spacial score (nSPS) is 10.3. The summed E-state index contributed by atoms with van der Waals surface area (Å²) >= 11 is 3.09. The van der Waals surface area contributed by atoms with Crippen molar-refractivity contribution in [2.24, 2.45) is 0 Å².